The predicted octanol–water partition coefficient (Wildman–Crippen LogP) is 3.24. The molecule has 0 spiro atoms. The molecule has 1 heterocycles. The van der Waals surface area contributed by atoms with Gasteiger partial charge in [-0.15, -0.1) is 0 Å². The largest absolute Gasteiger partial charge is 0.493 e. The average molecular weight is 420 g/mol. The predicted molar refractivity (Wildman–Crippen MR) is 119 cm³/mol. The number of ether oxygens (including phenoxy) is 3. The third kappa shape index (κ3) is 6.25. The molecule has 1 amide bonds. The van der Waals surface area contributed by atoms with Gasteiger partial charge in [-0.2, -0.15) is 0 Å². The number of piperazine rings is 1. The van der Waals surface area contributed by atoms with E-state index in [-0.39, 0.29) is 5.91 Å². The van der Waals surface area contributed by atoms with E-state index in [9.17, 15) is 4.79 Å². The fraction of sp³-hybridized carbons (Fsp3) is 0.696. The van der Waals surface area contributed by atoms with Crippen molar-refractivity contribution in [1.29, 1.82) is 0 Å². The highest BCUT2D eigenvalue weighted by atomic mass is 16.5. The van der Waals surface area contributed by atoms with Crippen LogP contribution in [0.4, 0.5) is 5.69 Å². The Labute approximate surface area is 180 Å². The Balaban J connectivity index is 1.42. The number of nitrogens with zero attached hydrogens (tertiary/aromatic N) is 2. The van der Waals surface area contributed by atoms with Gasteiger partial charge in [0.05, 0.1) is 21.3 Å². The molecule has 1 aliphatic carbocycles. The van der Waals surface area contributed by atoms with E-state index >= 15 is 0 Å². The average Bonchev–Trinajstić information content (AvgIpc) is 2.78. The summed E-state index contributed by atoms with van der Waals surface area (Å²) in [6.07, 6.45) is 7.52. The van der Waals surface area contributed by atoms with Crippen LogP contribution in [0.3, 0.4) is 0 Å². The highest BCUT2D eigenvalue weighted by Gasteiger charge is 2.22. The van der Waals surface area contributed by atoms with Crippen LogP contribution in [0.15, 0.2) is 12.1 Å². The van der Waals surface area contributed by atoms with E-state index in [1.165, 1.54) is 38.6 Å². The van der Waals surface area contributed by atoms with Crippen LogP contribution in [0.5, 0.6) is 17.2 Å². The Morgan fingerprint density at radius 2 is 1.53 bits per heavy atom. The van der Waals surface area contributed by atoms with Crippen LogP contribution in [0, 0.1) is 5.92 Å². The molecule has 1 aromatic carbocycles. The molecule has 168 valence electrons. The van der Waals surface area contributed by atoms with Crippen molar-refractivity contribution in [3.63, 3.8) is 0 Å². The topological polar surface area (TPSA) is 63.3 Å². The molecule has 1 saturated heterocycles. The molecule has 2 aliphatic rings. The van der Waals surface area contributed by atoms with Crippen molar-refractivity contribution in [3.8, 4) is 17.2 Å². The molecule has 2 fully saturated rings. The molecular weight excluding hydrogens is 382 g/mol. The summed E-state index contributed by atoms with van der Waals surface area (Å²) in [4.78, 5) is 17.5. The van der Waals surface area contributed by atoms with Gasteiger partial charge in [0, 0.05) is 63.5 Å². The molecule has 0 aromatic heterocycles. The zero-order valence-electron chi connectivity index (χ0n) is 18.7. The van der Waals surface area contributed by atoms with Crippen LogP contribution < -0.4 is 19.5 Å². The van der Waals surface area contributed by atoms with Crippen LogP contribution in [-0.4, -0.2) is 76.3 Å². The third-order valence-electron chi connectivity index (χ3n) is 6.31. The van der Waals surface area contributed by atoms with Crippen molar-refractivity contribution in [2.75, 3.05) is 65.9 Å². The number of benzene rings is 1. The monoisotopic (exact) mass is 419 g/mol. The Morgan fingerprint density at radius 1 is 0.933 bits per heavy atom. The zero-order chi connectivity index (χ0) is 21.3. The van der Waals surface area contributed by atoms with Crippen molar-refractivity contribution in [2.45, 2.75) is 38.5 Å². The molecule has 0 bridgehead atoms. The van der Waals surface area contributed by atoms with Gasteiger partial charge in [-0.05, 0) is 18.8 Å². The number of carbonyl (C=O) groups is 1. The van der Waals surface area contributed by atoms with Crippen molar-refractivity contribution < 1.29 is 19.0 Å². The van der Waals surface area contributed by atoms with Crippen molar-refractivity contribution >= 4 is 11.6 Å². The van der Waals surface area contributed by atoms with Crippen LogP contribution in [0.1, 0.15) is 38.5 Å². The first-order valence-corrected chi connectivity index (χ1v) is 11.2. The van der Waals surface area contributed by atoms with E-state index < -0.39 is 0 Å². The number of amides is 1. The van der Waals surface area contributed by atoms with Gasteiger partial charge >= 0.3 is 0 Å². The second-order valence-corrected chi connectivity index (χ2v) is 8.36. The number of carbonyl (C=O) groups excluding carboxylic acids is 1. The Hall–Kier alpha value is -1.99. The second-order valence-electron chi connectivity index (χ2n) is 8.36. The summed E-state index contributed by atoms with van der Waals surface area (Å²) in [7, 11) is 4.70. The molecule has 1 N–H and O–H groups in total. The summed E-state index contributed by atoms with van der Waals surface area (Å²) >= 11 is 0. The summed E-state index contributed by atoms with van der Waals surface area (Å²) in [5, 5.41) is 2.95. The Morgan fingerprint density at radius 3 is 2.10 bits per heavy atom. The third-order valence-corrected chi connectivity index (χ3v) is 6.31. The molecule has 1 aliphatic heterocycles. The number of rotatable bonds is 9. The quantitative estimate of drug-likeness (QED) is 0.663. The van der Waals surface area contributed by atoms with E-state index in [2.05, 4.69) is 15.1 Å². The first-order chi connectivity index (χ1) is 14.6. The van der Waals surface area contributed by atoms with Crippen molar-refractivity contribution in [2.24, 2.45) is 5.92 Å². The smallest absolute Gasteiger partial charge is 0.225 e. The molecular formula is C23H37N3O4. The normalized spacial score (nSPS) is 18.8. The van der Waals surface area contributed by atoms with Gasteiger partial charge in [-0.1, -0.05) is 19.3 Å². The summed E-state index contributed by atoms with van der Waals surface area (Å²) in [5.41, 5.74) is 0.645. The molecule has 7 nitrogen and oxygen atoms in total. The van der Waals surface area contributed by atoms with Gasteiger partial charge in [0.25, 0.3) is 0 Å². The lowest BCUT2D eigenvalue weighted by Gasteiger charge is -2.37. The molecule has 3 rings (SSSR count). The highest BCUT2D eigenvalue weighted by molar-refractivity contribution is 5.91. The first kappa shape index (κ1) is 22.7. The van der Waals surface area contributed by atoms with Gasteiger partial charge in [0.2, 0.25) is 11.7 Å². The summed E-state index contributed by atoms with van der Waals surface area (Å²) in [5.74, 6) is 2.47. The summed E-state index contributed by atoms with van der Waals surface area (Å²) in [6, 6.07) is 3.51. The van der Waals surface area contributed by atoms with E-state index in [4.69, 9.17) is 14.2 Å². The van der Waals surface area contributed by atoms with Crippen LogP contribution in [0.2, 0.25) is 0 Å². The van der Waals surface area contributed by atoms with Gasteiger partial charge in [-0.3, -0.25) is 4.79 Å². The minimum Gasteiger partial charge on any atom is -0.493 e. The van der Waals surface area contributed by atoms with Crippen LogP contribution in [0.25, 0.3) is 0 Å². The van der Waals surface area contributed by atoms with Gasteiger partial charge in [0.1, 0.15) is 0 Å². The molecule has 0 radical (unpaired) electrons. The maximum atomic E-state index is 12.5. The molecule has 30 heavy (non-hydrogen) atoms. The first-order valence-electron chi connectivity index (χ1n) is 11.2. The standard InChI is InChI=1S/C23H37N3O4/c1-28-20-15-19(16-21(29-2)23(20)30-3)24-22(27)9-10-25-11-13-26(14-12-25)17-18-7-5-4-6-8-18/h15-16,18H,4-14,17H2,1-3H3,(H,24,27). The zero-order valence-corrected chi connectivity index (χ0v) is 18.7. The lowest BCUT2D eigenvalue weighted by Crippen LogP contribution is -2.48. The summed E-state index contributed by atoms with van der Waals surface area (Å²) < 4.78 is 16.0. The summed E-state index contributed by atoms with van der Waals surface area (Å²) in [6.45, 7) is 6.37. The maximum Gasteiger partial charge on any atom is 0.225 e. The fourth-order valence-corrected chi connectivity index (χ4v) is 4.57. The van der Waals surface area contributed by atoms with E-state index in [1.807, 2.05) is 0 Å². The second kappa shape index (κ2) is 11.4. The minimum absolute atomic E-state index is 0.00564. The van der Waals surface area contributed by atoms with Crippen LogP contribution >= 0.6 is 0 Å². The minimum atomic E-state index is -0.00564. The maximum absolute atomic E-state index is 12.5. The van der Waals surface area contributed by atoms with Gasteiger partial charge in [-0.25, -0.2) is 0 Å². The Kier molecular flexibility index (Phi) is 8.63. The molecule has 7 heteroatoms. The molecule has 0 unspecified atom stereocenters. The lowest BCUT2D eigenvalue weighted by atomic mass is 9.89. The number of hydrogen-bond donors (Lipinski definition) is 1. The number of methoxy groups -OCH3 is 3. The molecule has 1 saturated carbocycles. The number of anilines is 1. The molecule has 1 aromatic rings. The van der Waals surface area contributed by atoms with E-state index in [0.717, 1.165) is 38.6 Å². The van der Waals surface area contributed by atoms with Crippen molar-refractivity contribution in [3.05, 3.63) is 12.1 Å². The molecule has 0 atom stereocenters. The van der Waals surface area contributed by atoms with E-state index in [1.54, 1.807) is 33.5 Å². The Bertz CT molecular complexity index is 658. The lowest BCUT2D eigenvalue weighted by molar-refractivity contribution is -0.116. The highest BCUT2D eigenvalue weighted by Crippen LogP contribution is 2.39. The van der Waals surface area contributed by atoms with Crippen LogP contribution in [-0.2, 0) is 4.79 Å². The fourth-order valence-electron chi connectivity index (χ4n) is 4.57. The van der Waals surface area contributed by atoms with Gasteiger partial charge in [0.15, 0.2) is 11.5 Å². The van der Waals surface area contributed by atoms with Crippen molar-refractivity contribution in [1.82, 2.24) is 9.80 Å². The SMILES string of the molecule is COc1cc(NC(=O)CCN2CCN(CC3CCCCC3)CC2)cc(OC)c1OC. The van der Waals surface area contributed by atoms with Gasteiger partial charge < -0.3 is 29.3 Å². The number of hydrogen-bond acceptors (Lipinski definition) is 6. The van der Waals surface area contributed by atoms with E-state index in [0.29, 0.717) is 29.4 Å². The number of nitrogens with one attached hydrogen (secondary N) is 1.